The van der Waals surface area contributed by atoms with E-state index in [1.807, 2.05) is 25.7 Å². The highest BCUT2D eigenvalue weighted by Gasteiger charge is 2.31. The maximum absolute atomic E-state index is 13.1. The van der Waals surface area contributed by atoms with Crippen molar-refractivity contribution in [2.45, 2.75) is 39.3 Å². The van der Waals surface area contributed by atoms with E-state index in [4.69, 9.17) is 4.74 Å². The minimum Gasteiger partial charge on any atom is -0.389 e. The molecule has 1 aromatic heterocycles. The maximum atomic E-state index is 13.1. The molecule has 3 rings (SSSR count). The summed E-state index contributed by atoms with van der Waals surface area (Å²) in [6.45, 7) is 13.0. The van der Waals surface area contributed by atoms with Crippen LogP contribution in [0.1, 0.15) is 36.8 Å². The first-order chi connectivity index (χ1) is 12.7. The van der Waals surface area contributed by atoms with Crippen LogP contribution in [0.5, 0.6) is 0 Å². The molecule has 0 spiro atoms. The molecule has 2 aliphatic rings. The molecule has 1 amide bonds. The van der Waals surface area contributed by atoms with Crippen LogP contribution < -0.4 is 4.90 Å². The highest BCUT2D eigenvalue weighted by atomic mass is 16.5. The molecular formula is C19H31N5O3. The van der Waals surface area contributed by atoms with Crippen molar-refractivity contribution in [3.63, 3.8) is 0 Å². The Morgan fingerprint density at radius 2 is 2.00 bits per heavy atom. The van der Waals surface area contributed by atoms with Gasteiger partial charge in [0.25, 0.3) is 5.91 Å². The zero-order valence-corrected chi connectivity index (χ0v) is 16.8. The number of β-amino-alcohol motifs (C(OH)–C–C–N with tert-alkyl or cyclic N) is 1. The molecule has 1 N–H and O–H groups in total. The molecule has 1 unspecified atom stereocenters. The van der Waals surface area contributed by atoms with E-state index in [1.54, 1.807) is 6.20 Å². The van der Waals surface area contributed by atoms with Crippen molar-refractivity contribution in [2.75, 3.05) is 57.4 Å². The second kappa shape index (κ2) is 8.08. The summed E-state index contributed by atoms with van der Waals surface area (Å²) in [6.07, 6.45) is 1.74. The molecule has 3 heterocycles. The maximum Gasteiger partial charge on any atom is 0.273 e. The summed E-state index contributed by atoms with van der Waals surface area (Å²) < 4.78 is 5.38. The van der Waals surface area contributed by atoms with Crippen LogP contribution in [0.25, 0.3) is 0 Å². The molecule has 8 nitrogen and oxygen atoms in total. The fourth-order valence-electron chi connectivity index (χ4n) is 3.63. The molecule has 0 radical (unpaired) electrons. The zero-order chi connectivity index (χ0) is 19.6. The van der Waals surface area contributed by atoms with E-state index in [1.165, 1.54) is 0 Å². The van der Waals surface area contributed by atoms with Gasteiger partial charge in [0, 0.05) is 51.5 Å². The van der Waals surface area contributed by atoms with E-state index < -0.39 is 5.60 Å². The van der Waals surface area contributed by atoms with Gasteiger partial charge in [0.1, 0.15) is 5.69 Å². The van der Waals surface area contributed by atoms with E-state index in [0.29, 0.717) is 44.5 Å². The first-order valence-corrected chi connectivity index (χ1v) is 9.66. The van der Waals surface area contributed by atoms with Gasteiger partial charge in [-0.25, -0.2) is 9.97 Å². The van der Waals surface area contributed by atoms with Gasteiger partial charge < -0.3 is 19.6 Å². The van der Waals surface area contributed by atoms with Crippen molar-refractivity contribution in [1.82, 2.24) is 19.8 Å². The second-order valence-electron chi connectivity index (χ2n) is 8.18. The minimum atomic E-state index is -0.739. The summed E-state index contributed by atoms with van der Waals surface area (Å²) in [6, 6.07) is 0.190. The number of carbonyl (C=O) groups excluding carboxylic acids is 1. The molecule has 0 bridgehead atoms. The van der Waals surface area contributed by atoms with Crippen molar-refractivity contribution in [2.24, 2.45) is 0 Å². The van der Waals surface area contributed by atoms with E-state index in [9.17, 15) is 9.90 Å². The third kappa shape index (κ3) is 4.94. The average Bonchev–Trinajstić information content (AvgIpc) is 2.63. The number of hydrogen-bond donors (Lipinski definition) is 1. The van der Waals surface area contributed by atoms with Crippen molar-refractivity contribution in [3.05, 3.63) is 17.5 Å². The SMILES string of the molecule is Cc1cnc(N2CCOCC2)nc1C(=O)N1CCN(CC(C)(C)O)C(C)C1. The van der Waals surface area contributed by atoms with Crippen LogP contribution in [0.4, 0.5) is 5.95 Å². The number of carbonyl (C=O) groups is 1. The molecule has 8 heteroatoms. The summed E-state index contributed by atoms with van der Waals surface area (Å²) >= 11 is 0. The topological polar surface area (TPSA) is 82.0 Å². The zero-order valence-electron chi connectivity index (χ0n) is 16.8. The predicted octanol–water partition coefficient (Wildman–Crippen LogP) is 0.539. The fourth-order valence-corrected chi connectivity index (χ4v) is 3.63. The number of morpholine rings is 1. The lowest BCUT2D eigenvalue weighted by Gasteiger charge is -2.42. The first kappa shape index (κ1) is 20.0. The molecular weight excluding hydrogens is 346 g/mol. The number of piperazine rings is 1. The number of anilines is 1. The molecule has 1 atom stereocenters. The van der Waals surface area contributed by atoms with Crippen LogP contribution in [0, 0.1) is 6.92 Å². The Kier molecular flexibility index (Phi) is 5.98. The van der Waals surface area contributed by atoms with Gasteiger partial charge in [-0.2, -0.15) is 0 Å². The predicted molar refractivity (Wildman–Crippen MR) is 103 cm³/mol. The molecule has 0 aromatic carbocycles. The molecule has 0 aliphatic carbocycles. The summed E-state index contributed by atoms with van der Waals surface area (Å²) in [4.78, 5) is 28.3. The molecule has 1 aromatic rings. The van der Waals surface area contributed by atoms with Gasteiger partial charge in [-0.05, 0) is 33.3 Å². The third-order valence-corrected chi connectivity index (χ3v) is 5.10. The monoisotopic (exact) mass is 377 g/mol. The Bertz CT molecular complexity index is 670. The minimum absolute atomic E-state index is 0.0424. The average molecular weight is 377 g/mol. The highest BCUT2D eigenvalue weighted by Crippen LogP contribution is 2.18. The number of nitrogens with zero attached hydrogens (tertiary/aromatic N) is 5. The lowest BCUT2D eigenvalue weighted by Crippen LogP contribution is -2.56. The van der Waals surface area contributed by atoms with E-state index in [0.717, 1.165) is 25.2 Å². The molecule has 0 saturated carbocycles. The van der Waals surface area contributed by atoms with Gasteiger partial charge in [0.05, 0.1) is 18.8 Å². The number of ether oxygens (including phenoxy) is 1. The normalized spacial score (nSPS) is 22.2. The quantitative estimate of drug-likeness (QED) is 0.820. The standard InChI is InChI=1S/C19H31N5O3/c1-14-11-20-18(22-7-9-27-10-8-22)21-16(14)17(25)23-5-6-24(15(2)12-23)13-19(3,4)26/h11,15,26H,5-10,12-13H2,1-4H3. The lowest BCUT2D eigenvalue weighted by molar-refractivity contribution is -0.00157. The van der Waals surface area contributed by atoms with Gasteiger partial charge in [-0.15, -0.1) is 0 Å². The largest absolute Gasteiger partial charge is 0.389 e. The Morgan fingerprint density at radius 1 is 1.30 bits per heavy atom. The Labute approximate surface area is 161 Å². The molecule has 150 valence electrons. The van der Waals surface area contributed by atoms with Crippen molar-refractivity contribution in [3.8, 4) is 0 Å². The Hall–Kier alpha value is -1.77. The summed E-state index contributed by atoms with van der Waals surface area (Å²) in [5.41, 5.74) is 0.537. The van der Waals surface area contributed by atoms with Gasteiger partial charge in [0.15, 0.2) is 0 Å². The fraction of sp³-hybridized carbons (Fsp3) is 0.737. The van der Waals surface area contributed by atoms with Crippen LogP contribution in [0.15, 0.2) is 6.20 Å². The molecule has 27 heavy (non-hydrogen) atoms. The number of rotatable bonds is 4. The highest BCUT2D eigenvalue weighted by molar-refractivity contribution is 5.94. The van der Waals surface area contributed by atoms with Crippen molar-refractivity contribution < 1.29 is 14.6 Å². The van der Waals surface area contributed by atoms with Crippen LogP contribution in [0.2, 0.25) is 0 Å². The summed E-state index contributed by atoms with van der Waals surface area (Å²) in [5, 5.41) is 10.1. The van der Waals surface area contributed by atoms with Crippen LogP contribution in [0.3, 0.4) is 0 Å². The second-order valence-corrected chi connectivity index (χ2v) is 8.18. The number of aromatic nitrogens is 2. The Morgan fingerprint density at radius 3 is 2.63 bits per heavy atom. The van der Waals surface area contributed by atoms with Crippen molar-refractivity contribution in [1.29, 1.82) is 0 Å². The summed E-state index contributed by atoms with van der Waals surface area (Å²) in [5.74, 6) is 0.556. The first-order valence-electron chi connectivity index (χ1n) is 9.66. The number of hydrogen-bond acceptors (Lipinski definition) is 7. The molecule has 2 saturated heterocycles. The van der Waals surface area contributed by atoms with E-state index in [-0.39, 0.29) is 11.9 Å². The summed E-state index contributed by atoms with van der Waals surface area (Å²) in [7, 11) is 0. The van der Waals surface area contributed by atoms with Gasteiger partial charge in [-0.1, -0.05) is 0 Å². The van der Waals surface area contributed by atoms with Crippen LogP contribution in [-0.2, 0) is 4.74 Å². The number of aliphatic hydroxyl groups is 1. The van der Waals surface area contributed by atoms with Crippen LogP contribution >= 0.6 is 0 Å². The Balaban J connectivity index is 1.70. The number of aryl methyl sites for hydroxylation is 1. The molecule has 2 aliphatic heterocycles. The smallest absolute Gasteiger partial charge is 0.273 e. The van der Waals surface area contributed by atoms with Crippen molar-refractivity contribution >= 4 is 11.9 Å². The van der Waals surface area contributed by atoms with Gasteiger partial charge in [-0.3, -0.25) is 9.69 Å². The van der Waals surface area contributed by atoms with E-state index >= 15 is 0 Å². The van der Waals surface area contributed by atoms with Crippen LogP contribution in [-0.4, -0.2) is 94.9 Å². The van der Waals surface area contributed by atoms with Gasteiger partial charge >= 0.3 is 0 Å². The third-order valence-electron chi connectivity index (χ3n) is 5.10. The van der Waals surface area contributed by atoms with E-state index in [2.05, 4.69) is 26.7 Å². The van der Waals surface area contributed by atoms with Gasteiger partial charge in [0.2, 0.25) is 5.95 Å². The molecule has 2 fully saturated rings. The lowest BCUT2D eigenvalue weighted by atomic mass is 10.1. The number of amides is 1.